The second kappa shape index (κ2) is 11.0. The molecular weight excluding hydrogens is 469 g/mol. The van der Waals surface area contributed by atoms with E-state index in [1.54, 1.807) is 30.0 Å². The Labute approximate surface area is 202 Å². The minimum absolute atomic E-state index is 0.0545. The number of benzene rings is 1. The van der Waals surface area contributed by atoms with Crippen molar-refractivity contribution in [1.82, 2.24) is 24.6 Å². The number of esters is 1. The first-order valence-corrected chi connectivity index (χ1v) is 11.6. The molecule has 0 N–H and O–H groups in total. The van der Waals surface area contributed by atoms with Gasteiger partial charge in [0.05, 0.1) is 29.1 Å². The first-order chi connectivity index (χ1) is 15.8. The molecule has 1 atom stereocenters. The van der Waals surface area contributed by atoms with E-state index in [1.165, 1.54) is 16.6 Å². The van der Waals surface area contributed by atoms with E-state index in [0.29, 0.717) is 54.0 Å². The molecule has 0 bridgehead atoms. The van der Waals surface area contributed by atoms with E-state index in [0.717, 1.165) is 0 Å². The summed E-state index contributed by atoms with van der Waals surface area (Å²) in [4.78, 5) is 45.0. The fraction of sp³-hybridized carbons (Fsp3) is 0.500. The lowest BCUT2D eigenvalue weighted by Crippen LogP contribution is -2.47. The van der Waals surface area contributed by atoms with Gasteiger partial charge in [-0.15, -0.1) is 5.10 Å². The summed E-state index contributed by atoms with van der Waals surface area (Å²) < 4.78 is 6.55. The fourth-order valence-electron chi connectivity index (χ4n) is 3.74. The molecule has 1 aliphatic heterocycles. The zero-order valence-electron chi connectivity index (χ0n) is 18.9. The predicted molar refractivity (Wildman–Crippen MR) is 124 cm³/mol. The Hall–Kier alpha value is -2.65. The van der Waals surface area contributed by atoms with Crippen LogP contribution in [-0.2, 0) is 20.7 Å². The summed E-state index contributed by atoms with van der Waals surface area (Å²) in [6, 6.07) is 5.08. The molecule has 1 fully saturated rings. The summed E-state index contributed by atoms with van der Waals surface area (Å²) in [6.45, 7) is 4.61. The van der Waals surface area contributed by atoms with Gasteiger partial charge in [0.15, 0.2) is 0 Å². The highest BCUT2D eigenvalue weighted by Crippen LogP contribution is 2.29. The highest BCUT2D eigenvalue weighted by molar-refractivity contribution is 6.37. The lowest BCUT2D eigenvalue weighted by atomic mass is 9.98. The van der Waals surface area contributed by atoms with Gasteiger partial charge >= 0.3 is 5.97 Å². The van der Waals surface area contributed by atoms with Gasteiger partial charge in [-0.2, -0.15) is 0 Å². The van der Waals surface area contributed by atoms with E-state index < -0.39 is 5.91 Å². The maximum atomic E-state index is 13.0. The number of carbonyl (C=O) groups is 3. The molecule has 9 nitrogen and oxygen atoms in total. The van der Waals surface area contributed by atoms with Crippen molar-refractivity contribution in [2.45, 2.75) is 33.1 Å². The normalized spacial score (nSPS) is 15.9. The number of ether oxygens (including phenoxy) is 1. The molecule has 2 amide bonds. The fourth-order valence-corrected chi connectivity index (χ4v) is 4.29. The lowest BCUT2D eigenvalue weighted by Gasteiger charge is -2.32. The molecule has 11 heteroatoms. The average Bonchev–Trinajstić information content (AvgIpc) is 3.22. The van der Waals surface area contributed by atoms with Crippen molar-refractivity contribution < 1.29 is 19.1 Å². The minimum atomic E-state index is -0.501. The summed E-state index contributed by atoms with van der Waals surface area (Å²) >= 11 is 12.6. The zero-order chi connectivity index (χ0) is 24.1. The minimum Gasteiger partial charge on any atom is -0.466 e. The van der Waals surface area contributed by atoms with Crippen molar-refractivity contribution in [3.63, 3.8) is 0 Å². The van der Waals surface area contributed by atoms with Crippen LogP contribution in [0.1, 0.15) is 43.1 Å². The molecular formula is C22H27Cl2N5O4. The Morgan fingerprint density at radius 3 is 2.55 bits per heavy atom. The van der Waals surface area contributed by atoms with Crippen LogP contribution in [0.4, 0.5) is 0 Å². The maximum absolute atomic E-state index is 13.0. The van der Waals surface area contributed by atoms with Crippen molar-refractivity contribution in [3.8, 4) is 5.69 Å². The van der Waals surface area contributed by atoms with Gasteiger partial charge in [0.2, 0.25) is 11.7 Å². The standard InChI is InChI=1S/C22H27Cl2N5O4/c1-4-17-25-20(26-29(17)19-15(23)9-6-10-16(19)24)21(31)27(3)13-18(30)28-11-7-8-14(12-28)22(32)33-5-2/h6,9-10,14H,4-5,7-8,11-13H2,1-3H3. The van der Waals surface area contributed by atoms with Gasteiger partial charge in [0.25, 0.3) is 5.91 Å². The number of aromatic nitrogens is 3. The number of hydrogen-bond acceptors (Lipinski definition) is 6. The number of hydrogen-bond donors (Lipinski definition) is 0. The summed E-state index contributed by atoms with van der Waals surface area (Å²) in [5.74, 6) is -0.918. The van der Waals surface area contributed by atoms with Crippen LogP contribution in [0.5, 0.6) is 0 Å². The molecule has 1 aromatic carbocycles. The third-order valence-electron chi connectivity index (χ3n) is 5.44. The molecule has 2 aromatic rings. The second-order valence-corrected chi connectivity index (χ2v) is 8.59. The van der Waals surface area contributed by atoms with Crippen LogP contribution in [0.25, 0.3) is 5.69 Å². The Morgan fingerprint density at radius 1 is 1.21 bits per heavy atom. The van der Waals surface area contributed by atoms with E-state index in [-0.39, 0.29) is 36.7 Å². The summed E-state index contributed by atoms with van der Waals surface area (Å²) in [7, 11) is 1.52. The van der Waals surface area contributed by atoms with Crippen LogP contribution in [0, 0.1) is 5.92 Å². The lowest BCUT2D eigenvalue weighted by molar-refractivity contribution is -0.151. The monoisotopic (exact) mass is 495 g/mol. The number of para-hydroxylation sites is 1. The Balaban J connectivity index is 1.72. The maximum Gasteiger partial charge on any atom is 0.310 e. The van der Waals surface area contributed by atoms with Crippen molar-refractivity contribution in [2.24, 2.45) is 5.92 Å². The molecule has 1 aromatic heterocycles. The van der Waals surface area contributed by atoms with Crippen LogP contribution in [0.15, 0.2) is 18.2 Å². The van der Waals surface area contributed by atoms with Crippen LogP contribution in [-0.4, -0.2) is 75.6 Å². The number of nitrogens with zero attached hydrogens (tertiary/aromatic N) is 5. The van der Waals surface area contributed by atoms with Gasteiger partial charge in [-0.05, 0) is 31.9 Å². The van der Waals surface area contributed by atoms with Crippen molar-refractivity contribution in [2.75, 3.05) is 33.3 Å². The zero-order valence-corrected chi connectivity index (χ0v) is 20.4. The van der Waals surface area contributed by atoms with Crippen molar-refractivity contribution in [1.29, 1.82) is 0 Å². The number of likely N-dealkylation sites (tertiary alicyclic amines) is 1. The van der Waals surface area contributed by atoms with Gasteiger partial charge in [0.1, 0.15) is 11.5 Å². The van der Waals surface area contributed by atoms with Gasteiger partial charge in [0, 0.05) is 26.6 Å². The third-order valence-corrected chi connectivity index (χ3v) is 6.05. The molecule has 1 saturated heterocycles. The molecule has 0 aliphatic carbocycles. The molecule has 1 unspecified atom stereocenters. The molecule has 1 aliphatic rings. The molecule has 0 saturated carbocycles. The molecule has 3 rings (SSSR count). The van der Waals surface area contributed by atoms with Gasteiger partial charge in [-0.1, -0.05) is 36.2 Å². The SMILES string of the molecule is CCOC(=O)C1CCCN(C(=O)CN(C)C(=O)c2nc(CC)n(-c3c(Cl)cccc3Cl)n2)C1. The highest BCUT2D eigenvalue weighted by atomic mass is 35.5. The van der Waals surface area contributed by atoms with Gasteiger partial charge in [-0.3, -0.25) is 14.4 Å². The second-order valence-electron chi connectivity index (χ2n) is 7.78. The van der Waals surface area contributed by atoms with Crippen LogP contribution in [0.3, 0.4) is 0 Å². The summed E-state index contributed by atoms with van der Waals surface area (Å²) in [5, 5.41) is 5.09. The molecule has 33 heavy (non-hydrogen) atoms. The van der Waals surface area contributed by atoms with Crippen LogP contribution in [0.2, 0.25) is 10.0 Å². The van der Waals surface area contributed by atoms with E-state index >= 15 is 0 Å². The first kappa shape index (κ1) is 25.0. The molecule has 0 spiro atoms. The van der Waals surface area contributed by atoms with E-state index in [1.807, 2.05) is 6.92 Å². The highest BCUT2D eigenvalue weighted by Gasteiger charge is 2.31. The smallest absolute Gasteiger partial charge is 0.310 e. The van der Waals surface area contributed by atoms with Crippen LogP contribution >= 0.6 is 23.2 Å². The quantitative estimate of drug-likeness (QED) is 0.547. The van der Waals surface area contributed by atoms with Crippen molar-refractivity contribution >= 4 is 41.0 Å². The van der Waals surface area contributed by atoms with Crippen molar-refractivity contribution in [3.05, 3.63) is 39.9 Å². The Morgan fingerprint density at radius 2 is 1.91 bits per heavy atom. The van der Waals surface area contributed by atoms with Crippen LogP contribution < -0.4 is 0 Å². The Kier molecular flexibility index (Phi) is 8.31. The number of amides is 2. The topological polar surface area (TPSA) is 97.6 Å². The number of aryl methyl sites for hydroxylation is 1. The number of rotatable bonds is 7. The largest absolute Gasteiger partial charge is 0.466 e. The summed E-state index contributed by atoms with van der Waals surface area (Å²) in [6.07, 6.45) is 1.88. The van der Waals surface area contributed by atoms with E-state index in [4.69, 9.17) is 27.9 Å². The number of piperidine rings is 1. The average molecular weight is 496 g/mol. The first-order valence-electron chi connectivity index (χ1n) is 10.9. The number of carbonyl (C=O) groups excluding carboxylic acids is 3. The number of halogens is 2. The third kappa shape index (κ3) is 5.65. The number of likely N-dealkylation sites (N-methyl/N-ethyl adjacent to an activating group) is 1. The van der Waals surface area contributed by atoms with Gasteiger partial charge < -0.3 is 14.5 Å². The Bertz CT molecular complexity index is 1020. The molecule has 0 radical (unpaired) electrons. The van der Waals surface area contributed by atoms with E-state index in [2.05, 4.69) is 10.1 Å². The predicted octanol–water partition coefficient (Wildman–Crippen LogP) is 3.01. The molecule has 2 heterocycles. The molecule has 178 valence electrons. The van der Waals surface area contributed by atoms with Gasteiger partial charge in [-0.25, -0.2) is 9.67 Å². The van der Waals surface area contributed by atoms with E-state index in [9.17, 15) is 14.4 Å². The summed E-state index contributed by atoms with van der Waals surface area (Å²) in [5.41, 5.74) is 0.446.